The number of carbonyl (C=O) groups excluding carboxylic acids is 1. The zero-order chi connectivity index (χ0) is 17.2. The maximum absolute atomic E-state index is 12.1. The fourth-order valence-electron chi connectivity index (χ4n) is 1.78. The number of halogens is 3. The van der Waals surface area contributed by atoms with E-state index in [0.717, 1.165) is 23.0 Å². The van der Waals surface area contributed by atoms with Crippen LogP contribution in [0, 0.1) is 10.1 Å². The summed E-state index contributed by atoms with van der Waals surface area (Å²) in [5.41, 5.74) is -0.895. The highest BCUT2D eigenvalue weighted by atomic mass is 19.4. The Labute approximate surface area is 125 Å². The predicted octanol–water partition coefficient (Wildman–Crippen LogP) is 0.983. The summed E-state index contributed by atoms with van der Waals surface area (Å²) >= 11 is 0. The third kappa shape index (κ3) is 4.02. The topological polar surface area (TPSA) is 107 Å². The monoisotopic (exact) mass is 330 g/mol. The lowest BCUT2D eigenvalue weighted by Gasteiger charge is -2.09. The second-order valence-corrected chi connectivity index (χ2v) is 4.53. The number of nitrogens with zero attached hydrogens (tertiary/aromatic N) is 3. The number of nitro benzene ring substituents is 1. The second kappa shape index (κ2) is 6.02. The van der Waals surface area contributed by atoms with E-state index in [1.165, 1.54) is 6.07 Å². The van der Waals surface area contributed by atoms with E-state index < -0.39 is 35.7 Å². The number of hydrogen-bond donors (Lipinski definition) is 1. The quantitative estimate of drug-likeness (QED) is 0.664. The van der Waals surface area contributed by atoms with E-state index in [-0.39, 0.29) is 16.6 Å². The maximum Gasteiger partial charge on any atom is 0.405 e. The molecule has 0 radical (unpaired) electrons. The van der Waals surface area contributed by atoms with Crippen LogP contribution in [0.15, 0.2) is 29.3 Å². The highest BCUT2D eigenvalue weighted by Crippen LogP contribution is 2.16. The molecule has 1 heterocycles. The number of nitro groups is 1. The van der Waals surface area contributed by atoms with Crippen molar-refractivity contribution in [3.63, 3.8) is 0 Å². The lowest BCUT2D eigenvalue weighted by molar-refractivity contribution is -0.384. The Morgan fingerprint density at radius 1 is 1.39 bits per heavy atom. The second-order valence-electron chi connectivity index (χ2n) is 4.53. The van der Waals surface area contributed by atoms with Crippen molar-refractivity contribution < 1.29 is 22.9 Å². The third-order valence-electron chi connectivity index (χ3n) is 2.82. The number of fused-ring (bicyclic) bond motifs is 1. The number of alkyl halides is 3. The zero-order valence-corrected chi connectivity index (χ0v) is 11.3. The lowest BCUT2D eigenvalue weighted by atomic mass is 10.2. The minimum Gasteiger partial charge on any atom is -0.345 e. The smallest absolute Gasteiger partial charge is 0.345 e. The molecule has 0 saturated carbocycles. The molecule has 2 rings (SSSR count). The molecule has 8 nitrogen and oxygen atoms in total. The van der Waals surface area contributed by atoms with Crippen molar-refractivity contribution in [1.82, 2.24) is 14.9 Å². The summed E-state index contributed by atoms with van der Waals surface area (Å²) in [5.74, 6) is -1.01. The van der Waals surface area contributed by atoms with Crippen molar-refractivity contribution in [2.75, 3.05) is 6.54 Å². The van der Waals surface area contributed by atoms with Gasteiger partial charge in [-0.25, -0.2) is 4.98 Å². The van der Waals surface area contributed by atoms with Gasteiger partial charge in [0.2, 0.25) is 5.91 Å². The molecule has 2 aromatic rings. The first-order valence-electron chi connectivity index (χ1n) is 6.14. The van der Waals surface area contributed by atoms with Gasteiger partial charge in [0.05, 0.1) is 22.2 Å². The van der Waals surface area contributed by atoms with E-state index in [0.29, 0.717) is 0 Å². The molecule has 0 saturated heterocycles. The minimum atomic E-state index is -4.55. The van der Waals surface area contributed by atoms with Gasteiger partial charge in [-0.05, 0) is 6.07 Å². The molecule has 0 spiro atoms. The Bertz CT molecular complexity index is 831. The van der Waals surface area contributed by atoms with Crippen LogP contribution in [0.3, 0.4) is 0 Å². The number of aromatic nitrogens is 2. The molecular formula is C12H9F3N4O4. The average molecular weight is 330 g/mol. The third-order valence-corrected chi connectivity index (χ3v) is 2.82. The van der Waals surface area contributed by atoms with Crippen LogP contribution in [-0.4, -0.2) is 33.1 Å². The number of rotatable bonds is 4. The highest BCUT2D eigenvalue weighted by molar-refractivity contribution is 5.80. The number of non-ortho nitro benzene ring substituents is 1. The molecule has 0 aliphatic rings. The first-order chi connectivity index (χ1) is 10.7. The van der Waals surface area contributed by atoms with Gasteiger partial charge in [-0.3, -0.25) is 24.3 Å². The molecule has 0 aliphatic heterocycles. The van der Waals surface area contributed by atoms with Gasteiger partial charge in [-0.2, -0.15) is 13.2 Å². The molecule has 0 fully saturated rings. The van der Waals surface area contributed by atoms with E-state index in [4.69, 9.17) is 0 Å². The Morgan fingerprint density at radius 3 is 2.70 bits per heavy atom. The zero-order valence-electron chi connectivity index (χ0n) is 11.3. The first kappa shape index (κ1) is 16.4. The number of hydrogen-bond acceptors (Lipinski definition) is 5. The van der Waals surface area contributed by atoms with Gasteiger partial charge < -0.3 is 5.32 Å². The van der Waals surface area contributed by atoms with Gasteiger partial charge in [-0.1, -0.05) is 0 Å². The molecule has 11 heteroatoms. The van der Waals surface area contributed by atoms with Crippen LogP contribution in [0.25, 0.3) is 10.9 Å². The lowest BCUT2D eigenvalue weighted by Crippen LogP contribution is -2.37. The fraction of sp³-hybridized carbons (Fsp3) is 0.250. The Morgan fingerprint density at radius 2 is 2.09 bits per heavy atom. The van der Waals surface area contributed by atoms with Crippen LogP contribution in [0.5, 0.6) is 0 Å². The normalized spacial score (nSPS) is 11.4. The van der Waals surface area contributed by atoms with Crippen LogP contribution in [0.2, 0.25) is 0 Å². The number of benzene rings is 1. The molecule has 0 bridgehead atoms. The Hall–Kier alpha value is -2.98. The molecule has 1 N–H and O–H groups in total. The highest BCUT2D eigenvalue weighted by Gasteiger charge is 2.27. The summed E-state index contributed by atoms with van der Waals surface area (Å²) in [6.07, 6.45) is -3.61. The summed E-state index contributed by atoms with van der Waals surface area (Å²) in [7, 11) is 0. The van der Waals surface area contributed by atoms with Gasteiger partial charge in [0.25, 0.3) is 11.2 Å². The van der Waals surface area contributed by atoms with E-state index in [1.807, 2.05) is 0 Å². The fourth-order valence-corrected chi connectivity index (χ4v) is 1.78. The van der Waals surface area contributed by atoms with Gasteiger partial charge >= 0.3 is 6.18 Å². The number of carbonyl (C=O) groups is 1. The first-order valence-corrected chi connectivity index (χ1v) is 6.14. The van der Waals surface area contributed by atoms with Crippen molar-refractivity contribution in [3.05, 3.63) is 45.0 Å². The maximum atomic E-state index is 12.1. The molecule has 1 aromatic heterocycles. The number of nitrogens with one attached hydrogen (secondary N) is 1. The molecular weight excluding hydrogens is 321 g/mol. The van der Waals surface area contributed by atoms with Crippen molar-refractivity contribution in [2.45, 2.75) is 12.7 Å². The molecule has 0 atom stereocenters. The summed E-state index contributed by atoms with van der Waals surface area (Å²) < 4.78 is 36.8. The summed E-state index contributed by atoms with van der Waals surface area (Å²) in [6.45, 7) is -2.15. The molecule has 1 aromatic carbocycles. The van der Waals surface area contributed by atoms with Crippen molar-refractivity contribution >= 4 is 22.5 Å². The minimum absolute atomic E-state index is 0.0155. The van der Waals surface area contributed by atoms with Crippen molar-refractivity contribution in [3.8, 4) is 0 Å². The molecule has 1 amide bonds. The average Bonchev–Trinajstić information content (AvgIpc) is 2.47. The largest absolute Gasteiger partial charge is 0.405 e. The SMILES string of the molecule is O=C(Cn1cnc2cc([N+](=O)[O-])ccc2c1=O)NCC(F)(F)F. The van der Waals surface area contributed by atoms with Crippen LogP contribution in [0.4, 0.5) is 18.9 Å². The standard InChI is InChI=1S/C12H9F3N4O4/c13-12(14,15)5-16-10(20)4-18-6-17-9-3-7(19(22)23)1-2-8(9)11(18)21/h1-3,6H,4-5H2,(H,16,20). The summed E-state index contributed by atoms with van der Waals surface area (Å²) in [4.78, 5) is 37.3. The Balaban J connectivity index is 2.24. The van der Waals surface area contributed by atoms with Crippen molar-refractivity contribution in [1.29, 1.82) is 0 Å². The van der Waals surface area contributed by atoms with Gasteiger partial charge in [0.15, 0.2) is 0 Å². The van der Waals surface area contributed by atoms with E-state index in [1.54, 1.807) is 5.32 Å². The summed E-state index contributed by atoms with van der Waals surface area (Å²) in [6, 6.07) is 3.36. The predicted molar refractivity (Wildman–Crippen MR) is 71.7 cm³/mol. The molecule has 0 aliphatic carbocycles. The number of amides is 1. The molecule has 122 valence electrons. The van der Waals surface area contributed by atoms with E-state index in [2.05, 4.69) is 4.98 Å². The molecule has 0 unspecified atom stereocenters. The van der Waals surface area contributed by atoms with Crippen LogP contribution >= 0.6 is 0 Å². The van der Waals surface area contributed by atoms with Gasteiger partial charge in [-0.15, -0.1) is 0 Å². The van der Waals surface area contributed by atoms with Crippen LogP contribution in [0.1, 0.15) is 0 Å². The summed E-state index contributed by atoms with van der Waals surface area (Å²) in [5, 5.41) is 12.3. The van der Waals surface area contributed by atoms with E-state index >= 15 is 0 Å². The van der Waals surface area contributed by atoms with Crippen LogP contribution < -0.4 is 10.9 Å². The van der Waals surface area contributed by atoms with Crippen molar-refractivity contribution in [2.24, 2.45) is 0 Å². The van der Waals surface area contributed by atoms with Crippen LogP contribution in [-0.2, 0) is 11.3 Å². The van der Waals surface area contributed by atoms with E-state index in [9.17, 15) is 32.9 Å². The molecule has 23 heavy (non-hydrogen) atoms. The van der Waals surface area contributed by atoms with Gasteiger partial charge in [0.1, 0.15) is 13.1 Å². The Kier molecular flexibility index (Phi) is 4.29. The van der Waals surface area contributed by atoms with Gasteiger partial charge in [0, 0.05) is 12.1 Å².